The third kappa shape index (κ3) is 4.48. The van der Waals surface area contributed by atoms with Gasteiger partial charge < -0.3 is 15.0 Å². The Labute approximate surface area is 210 Å². The van der Waals surface area contributed by atoms with Crippen molar-refractivity contribution in [2.75, 3.05) is 52.4 Å². The smallest absolute Gasteiger partial charge is 0.255 e. The molecular weight excluding hydrogens is 452 g/mol. The SMILES string of the molecule is O=C(c1c2c(nc3ccccc13)CCN(CCc1nc3ccccc3[nH]1)C2)N1CCN(CCO)CC1. The van der Waals surface area contributed by atoms with Crippen LogP contribution in [0.25, 0.3) is 21.9 Å². The average molecular weight is 485 g/mol. The molecule has 36 heavy (non-hydrogen) atoms. The number of carbonyl (C=O) groups is 1. The van der Waals surface area contributed by atoms with Gasteiger partial charge in [0.05, 0.1) is 28.7 Å². The van der Waals surface area contributed by atoms with Gasteiger partial charge in [-0.1, -0.05) is 30.3 Å². The van der Waals surface area contributed by atoms with Crippen LogP contribution in [0, 0.1) is 0 Å². The highest BCUT2D eigenvalue weighted by Gasteiger charge is 2.30. The van der Waals surface area contributed by atoms with E-state index in [1.54, 1.807) is 0 Å². The van der Waals surface area contributed by atoms with Crippen molar-refractivity contribution < 1.29 is 9.90 Å². The van der Waals surface area contributed by atoms with Gasteiger partial charge >= 0.3 is 0 Å². The Balaban J connectivity index is 1.25. The number of hydrogen-bond donors (Lipinski definition) is 2. The number of pyridine rings is 1. The molecule has 2 aromatic heterocycles. The Kier molecular flexibility index (Phi) is 6.39. The Morgan fingerprint density at radius 3 is 2.47 bits per heavy atom. The van der Waals surface area contributed by atoms with E-state index in [-0.39, 0.29) is 12.5 Å². The monoisotopic (exact) mass is 484 g/mol. The van der Waals surface area contributed by atoms with Crippen molar-refractivity contribution in [3.8, 4) is 0 Å². The number of aliphatic hydroxyl groups is 1. The topological polar surface area (TPSA) is 88.6 Å². The number of nitrogens with one attached hydrogen (secondary N) is 1. The van der Waals surface area contributed by atoms with Crippen molar-refractivity contribution in [2.24, 2.45) is 0 Å². The van der Waals surface area contributed by atoms with Crippen molar-refractivity contribution in [3.05, 3.63) is 71.2 Å². The van der Waals surface area contributed by atoms with E-state index in [0.717, 1.165) is 90.1 Å². The summed E-state index contributed by atoms with van der Waals surface area (Å²) >= 11 is 0. The number of benzene rings is 2. The van der Waals surface area contributed by atoms with Crippen molar-refractivity contribution in [1.29, 1.82) is 0 Å². The second kappa shape index (κ2) is 9.97. The standard InChI is InChI=1S/C28H32N6O2/c35-18-17-32-13-15-34(16-14-32)28(36)27-20-5-1-2-6-22(20)29-23-9-11-33(19-21(23)27)12-10-26-30-24-7-3-4-8-25(24)31-26/h1-8,35H,9-19H2,(H,30,31). The van der Waals surface area contributed by atoms with Crippen LogP contribution in [0.2, 0.25) is 0 Å². The number of H-pyrrole nitrogens is 1. The first kappa shape index (κ1) is 23.1. The molecule has 6 rings (SSSR count). The van der Waals surface area contributed by atoms with Crippen LogP contribution in [-0.2, 0) is 19.4 Å². The van der Waals surface area contributed by atoms with Gasteiger partial charge in [-0.05, 0) is 18.2 Å². The maximum absolute atomic E-state index is 13.9. The molecule has 186 valence electrons. The lowest BCUT2D eigenvalue weighted by Gasteiger charge is -2.36. The Morgan fingerprint density at radius 2 is 1.67 bits per heavy atom. The number of aliphatic hydroxyl groups excluding tert-OH is 1. The number of imidazole rings is 1. The second-order valence-corrected chi connectivity index (χ2v) is 9.76. The van der Waals surface area contributed by atoms with Crippen molar-refractivity contribution in [1.82, 2.24) is 29.7 Å². The first-order valence-corrected chi connectivity index (χ1v) is 12.9. The predicted molar refractivity (Wildman–Crippen MR) is 140 cm³/mol. The molecule has 0 unspecified atom stereocenters. The summed E-state index contributed by atoms with van der Waals surface area (Å²) in [5.41, 5.74) is 5.91. The van der Waals surface area contributed by atoms with E-state index in [9.17, 15) is 9.90 Å². The first-order chi connectivity index (χ1) is 17.7. The van der Waals surface area contributed by atoms with Gasteiger partial charge in [-0.15, -0.1) is 0 Å². The number of carbonyl (C=O) groups excluding carboxylic acids is 1. The Hall–Kier alpha value is -3.33. The van der Waals surface area contributed by atoms with Crippen LogP contribution in [0.4, 0.5) is 0 Å². The van der Waals surface area contributed by atoms with Gasteiger partial charge in [-0.3, -0.25) is 19.6 Å². The number of nitrogens with zero attached hydrogens (tertiary/aromatic N) is 5. The Morgan fingerprint density at radius 1 is 0.889 bits per heavy atom. The van der Waals surface area contributed by atoms with Gasteiger partial charge in [0, 0.05) is 81.8 Å². The fourth-order valence-electron chi connectivity index (χ4n) is 5.54. The molecule has 0 saturated carbocycles. The number of amides is 1. The number of β-amino-alcohol motifs (C(OH)–C–C–N with tert-alkyl or cyclic N) is 1. The fraction of sp³-hybridized carbons (Fsp3) is 0.393. The number of fused-ring (bicyclic) bond motifs is 3. The first-order valence-electron chi connectivity index (χ1n) is 12.9. The summed E-state index contributed by atoms with van der Waals surface area (Å²) in [7, 11) is 0. The lowest BCUT2D eigenvalue weighted by molar-refractivity contribution is 0.0614. The van der Waals surface area contributed by atoms with Crippen molar-refractivity contribution >= 4 is 27.8 Å². The number of para-hydroxylation sites is 3. The highest BCUT2D eigenvalue weighted by molar-refractivity contribution is 6.07. The van der Waals surface area contributed by atoms with Crippen LogP contribution in [0.5, 0.6) is 0 Å². The summed E-state index contributed by atoms with van der Waals surface area (Å²) in [4.78, 5) is 33.7. The van der Waals surface area contributed by atoms with Gasteiger partial charge in [0.1, 0.15) is 5.82 Å². The Bertz CT molecular complexity index is 1360. The van der Waals surface area contributed by atoms with Crippen molar-refractivity contribution in [2.45, 2.75) is 19.4 Å². The summed E-state index contributed by atoms with van der Waals surface area (Å²) in [6.45, 7) is 6.28. The van der Waals surface area contributed by atoms with Crippen LogP contribution in [0.1, 0.15) is 27.4 Å². The molecule has 0 spiro atoms. The molecule has 2 N–H and O–H groups in total. The molecule has 4 aromatic rings. The number of aromatic nitrogens is 3. The third-order valence-corrected chi connectivity index (χ3v) is 7.52. The largest absolute Gasteiger partial charge is 0.395 e. The fourth-order valence-corrected chi connectivity index (χ4v) is 5.54. The van der Waals surface area contributed by atoms with E-state index in [4.69, 9.17) is 9.97 Å². The molecule has 8 nitrogen and oxygen atoms in total. The zero-order valence-corrected chi connectivity index (χ0v) is 20.5. The van der Waals surface area contributed by atoms with Crippen LogP contribution >= 0.6 is 0 Å². The number of rotatable bonds is 6. The summed E-state index contributed by atoms with van der Waals surface area (Å²) in [5.74, 6) is 1.10. The quantitative estimate of drug-likeness (QED) is 0.437. The van der Waals surface area contributed by atoms with Crippen LogP contribution in [-0.4, -0.2) is 93.1 Å². The average Bonchev–Trinajstić information content (AvgIpc) is 3.34. The summed E-state index contributed by atoms with van der Waals surface area (Å²) in [6.07, 6.45) is 1.67. The molecule has 0 aliphatic carbocycles. The molecule has 1 fully saturated rings. The predicted octanol–water partition coefficient (Wildman–Crippen LogP) is 2.46. The van der Waals surface area contributed by atoms with Gasteiger partial charge in [0.2, 0.25) is 0 Å². The summed E-state index contributed by atoms with van der Waals surface area (Å²) in [5, 5.41) is 10.2. The highest BCUT2D eigenvalue weighted by atomic mass is 16.3. The van der Waals surface area contributed by atoms with Gasteiger partial charge in [0.15, 0.2) is 0 Å². The van der Waals surface area contributed by atoms with Crippen LogP contribution in [0.15, 0.2) is 48.5 Å². The van der Waals surface area contributed by atoms with Gasteiger partial charge in [-0.25, -0.2) is 4.98 Å². The molecule has 0 atom stereocenters. The number of hydrogen-bond acceptors (Lipinski definition) is 6. The lowest BCUT2D eigenvalue weighted by atomic mass is 9.94. The molecular formula is C28H32N6O2. The number of piperazine rings is 1. The zero-order chi connectivity index (χ0) is 24.5. The van der Waals surface area contributed by atoms with Crippen LogP contribution in [0.3, 0.4) is 0 Å². The molecule has 2 aliphatic heterocycles. The van der Waals surface area contributed by atoms with E-state index in [2.05, 4.69) is 20.9 Å². The molecule has 4 heterocycles. The minimum Gasteiger partial charge on any atom is -0.395 e. The molecule has 0 radical (unpaired) electrons. The minimum absolute atomic E-state index is 0.104. The van der Waals surface area contributed by atoms with Gasteiger partial charge in [-0.2, -0.15) is 0 Å². The van der Waals surface area contributed by atoms with Crippen LogP contribution < -0.4 is 0 Å². The molecule has 2 aromatic carbocycles. The minimum atomic E-state index is 0.104. The van der Waals surface area contributed by atoms with E-state index in [0.29, 0.717) is 19.6 Å². The van der Waals surface area contributed by atoms with E-state index in [1.807, 2.05) is 47.4 Å². The highest BCUT2D eigenvalue weighted by Crippen LogP contribution is 2.29. The molecule has 8 heteroatoms. The normalized spacial score (nSPS) is 17.1. The number of aromatic amines is 1. The molecule has 1 amide bonds. The third-order valence-electron chi connectivity index (χ3n) is 7.52. The lowest BCUT2D eigenvalue weighted by Crippen LogP contribution is -2.49. The van der Waals surface area contributed by atoms with E-state index >= 15 is 0 Å². The zero-order valence-electron chi connectivity index (χ0n) is 20.5. The summed E-state index contributed by atoms with van der Waals surface area (Å²) < 4.78 is 0. The molecule has 0 bridgehead atoms. The van der Waals surface area contributed by atoms with E-state index in [1.165, 1.54) is 0 Å². The maximum Gasteiger partial charge on any atom is 0.255 e. The molecule has 2 aliphatic rings. The van der Waals surface area contributed by atoms with Gasteiger partial charge in [0.25, 0.3) is 5.91 Å². The van der Waals surface area contributed by atoms with Crippen molar-refractivity contribution in [3.63, 3.8) is 0 Å². The molecule has 1 saturated heterocycles. The summed E-state index contributed by atoms with van der Waals surface area (Å²) in [6, 6.07) is 16.2. The second-order valence-electron chi connectivity index (χ2n) is 9.76. The van der Waals surface area contributed by atoms with E-state index < -0.39 is 0 Å². The maximum atomic E-state index is 13.9.